The average molecular weight is 299 g/mol. The van der Waals surface area contributed by atoms with Gasteiger partial charge in [-0.05, 0) is 44.0 Å². The van der Waals surface area contributed by atoms with Crippen LogP contribution in [-0.2, 0) is 11.3 Å². The molecule has 0 fully saturated rings. The first-order valence-corrected chi connectivity index (χ1v) is 7.35. The van der Waals surface area contributed by atoms with E-state index in [-0.39, 0.29) is 5.91 Å². The van der Waals surface area contributed by atoms with Crippen molar-refractivity contribution in [2.45, 2.75) is 33.2 Å². The van der Waals surface area contributed by atoms with Gasteiger partial charge in [0.2, 0.25) is 11.9 Å². The van der Waals surface area contributed by atoms with Crippen LogP contribution in [0.1, 0.15) is 29.8 Å². The lowest BCUT2D eigenvalue weighted by Crippen LogP contribution is -2.23. The van der Waals surface area contributed by atoms with Gasteiger partial charge < -0.3 is 10.6 Å². The highest BCUT2D eigenvalue weighted by atomic mass is 16.1. The van der Waals surface area contributed by atoms with Crippen molar-refractivity contribution in [3.8, 4) is 0 Å². The number of hydrogen-bond acceptors (Lipinski definition) is 5. The SMILES string of the molecule is Cc1cc(C)nc(NCCCC(=O)NCc2ccncc2)n1. The zero-order valence-electron chi connectivity index (χ0n) is 13.0. The van der Waals surface area contributed by atoms with Gasteiger partial charge in [-0.2, -0.15) is 0 Å². The first-order valence-electron chi connectivity index (χ1n) is 7.35. The van der Waals surface area contributed by atoms with Crippen molar-refractivity contribution in [2.75, 3.05) is 11.9 Å². The first kappa shape index (κ1) is 15.9. The van der Waals surface area contributed by atoms with E-state index in [9.17, 15) is 4.79 Å². The molecule has 2 heterocycles. The number of anilines is 1. The van der Waals surface area contributed by atoms with Crippen molar-refractivity contribution >= 4 is 11.9 Å². The molecule has 116 valence electrons. The van der Waals surface area contributed by atoms with Crippen molar-refractivity contribution in [3.63, 3.8) is 0 Å². The number of carbonyl (C=O) groups excluding carboxylic acids is 1. The summed E-state index contributed by atoms with van der Waals surface area (Å²) < 4.78 is 0. The van der Waals surface area contributed by atoms with E-state index >= 15 is 0 Å². The molecule has 0 radical (unpaired) electrons. The Hall–Kier alpha value is -2.50. The van der Waals surface area contributed by atoms with Gasteiger partial charge in [-0.3, -0.25) is 9.78 Å². The first-order chi connectivity index (χ1) is 10.6. The number of carbonyl (C=O) groups is 1. The van der Waals surface area contributed by atoms with Gasteiger partial charge in [0.05, 0.1) is 0 Å². The molecular formula is C16H21N5O. The van der Waals surface area contributed by atoms with Crippen LogP contribution in [-0.4, -0.2) is 27.4 Å². The lowest BCUT2D eigenvalue weighted by molar-refractivity contribution is -0.121. The Morgan fingerprint density at radius 2 is 1.82 bits per heavy atom. The van der Waals surface area contributed by atoms with Gasteiger partial charge in [0.15, 0.2) is 0 Å². The van der Waals surface area contributed by atoms with E-state index in [2.05, 4.69) is 25.6 Å². The molecule has 6 heteroatoms. The Balaban J connectivity index is 1.64. The predicted octanol–water partition coefficient (Wildman–Crippen LogP) is 2.00. The molecular weight excluding hydrogens is 278 g/mol. The minimum absolute atomic E-state index is 0.0416. The monoisotopic (exact) mass is 299 g/mol. The normalized spacial score (nSPS) is 10.3. The van der Waals surface area contributed by atoms with Gasteiger partial charge in [0, 0.05) is 43.3 Å². The van der Waals surface area contributed by atoms with Gasteiger partial charge in [-0.15, -0.1) is 0 Å². The molecule has 0 unspecified atom stereocenters. The predicted molar refractivity (Wildman–Crippen MR) is 85.3 cm³/mol. The van der Waals surface area contributed by atoms with E-state index in [0.29, 0.717) is 25.5 Å². The van der Waals surface area contributed by atoms with Gasteiger partial charge in [-0.25, -0.2) is 9.97 Å². The van der Waals surface area contributed by atoms with Crippen molar-refractivity contribution in [1.29, 1.82) is 0 Å². The van der Waals surface area contributed by atoms with Crippen molar-refractivity contribution in [2.24, 2.45) is 0 Å². The Morgan fingerprint density at radius 3 is 2.50 bits per heavy atom. The fourth-order valence-electron chi connectivity index (χ4n) is 2.04. The summed E-state index contributed by atoms with van der Waals surface area (Å²) in [6.07, 6.45) is 4.64. The highest BCUT2D eigenvalue weighted by Crippen LogP contribution is 2.04. The summed E-state index contributed by atoms with van der Waals surface area (Å²) in [4.78, 5) is 24.3. The number of pyridine rings is 1. The Bertz CT molecular complexity index is 595. The second-order valence-corrected chi connectivity index (χ2v) is 5.14. The highest BCUT2D eigenvalue weighted by Gasteiger charge is 2.02. The molecule has 2 N–H and O–H groups in total. The topological polar surface area (TPSA) is 79.8 Å². The number of nitrogens with one attached hydrogen (secondary N) is 2. The number of rotatable bonds is 7. The van der Waals surface area contributed by atoms with Crippen LogP contribution in [0.4, 0.5) is 5.95 Å². The molecule has 0 bridgehead atoms. The molecule has 0 saturated heterocycles. The van der Waals surface area contributed by atoms with Crippen LogP contribution in [0.25, 0.3) is 0 Å². The molecule has 0 saturated carbocycles. The van der Waals surface area contributed by atoms with Gasteiger partial charge in [0.25, 0.3) is 0 Å². The van der Waals surface area contributed by atoms with Crippen LogP contribution >= 0.6 is 0 Å². The Labute approximate surface area is 130 Å². The fraction of sp³-hybridized carbons (Fsp3) is 0.375. The zero-order chi connectivity index (χ0) is 15.8. The van der Waals surface area contributed by atoms with Gasteiger partial charge in [-0.1, -0.05) is 0 Å². The lowest BCUT2D eigenvalue weighted by atomic mass is 10.2. The minimum Gasteiger partial charge on any atom is -0.354 e. The van der Waals surface area contributed by atoms with E-state index in [1.165, 1.54) is 0 Å². The third kappa shape index (κ3) is 5.47. The van der Waals surface area contributed by atoms with Crippen LogP contribution in [0.3, 0.4) is 0 Å². The van der Waals surface area contributed by atoms with E-state index in [4.69, 9.17) is 0 Å². The van der Waals surface area contributed by atoms with Crippen molar-refractivity contribution in [1.82, 2.24) is 20.3 Å². The molecule has 0 aromatic carbocycles. The van der Waals surface area contributed by atoms with Gasteiger partial charge >= 0.3 is 0 Å². The van der Waals surface area contributed by atoms with Crippen LogP contribution in [0.2, 0.25) is 0 Å². The summed E-state index contributed by atoms with van der Waals surface area (Å²) in [5, 5.41) is 6.04. The number of aryl methyl sites for hydroxylation is 2. The number of nitrogens with zero attached hydrogens (tertiary/aromatic N) is 3. The molecule has 2 aromatic rings. The molecule has 0 aliphatic carbocycles. The smallest absolute Gasteiger partial charge is 0.223 e. The molecule has 6 nitrogen and oxygen atoms in total. The molecule has 2 rings (SSSR count). The van der Waals surface area contributed by atoms with Crippen LogP contribution in [0.5, 0.6) is 0 Å². The fourth-order valence-corrected chi connectivity index (χ4v) is 2.04. The number of amides is 1. The maximum atomic E-state index is 11.8. The maximum Gasteiger partial charge on any atom is 0.223 e. The molecule has 2 aromatic heterocycles. The standard InChI is InChI=1S/C16H21N5O/c1-12-10-13(2)21-16(20-12)18-7-3-4-15(22)19-11-14-5-8-17-9-6-14/h5-6,8-10H,3-4,7,11H2,1-2H3,(H,19,22)(H,18,20,21). The summed E-state index contributed by atoms with van der Waals surface area (Å²) >= 11 is 0. The molecule has 0 atom stereocenters. The maximum absolute atomic E-state index is 11.8. The summed E-state index contributed by atoms with van der Waals surface area (Å²) in [7, 11) is 0. The number of hydrogen-bond donors (Lipinski definition) is 2. The quantitative estimate of drug-likeness (QED) is 0.764. The second-order valence-electron chi connectivity index (χ2n) is 5.14. The highest BCUT2D eigenvalue weighted by molar-refractivity contribution is 5.75. The third-order valence-electron chi connectivity index (χ3n) is 3.09. The summed E-state index contributed by atoms with van der Waals surface area (Å²) in [5.41, 5.74) is 2.92. The van der Waals surface area contributed by atoms with E-state index in [0.717, 1.165) is 23.4 Å². The Morgan fingerprint density at radius 1 is 1.14 bits per heavy atom. The summed E-state index contributed by atoms with van der Waals surface area (Å²) in [6, 6.07) is 5.70. The van der Waals surface area contributed by atoms with Crippen LogP contribution < -0.4 is 10.6 Å². The molecule has 0 aliphatic heterocycles. The Kier molecular flexibility index (Phi) is 5.82. The zero-order valence-corrected chi connectivity index (χ0v) is 13.0. The second kappa shape index (κ2) is 8.07. The summed E-state index contributed by atoms with van der Waals surface area (Å²) in [6.45, 7) is 5.08. The van der Waals surface area contributed by atoms with Crippen molar-refractivity contribution < 1.29 is 4.79 Å². The van der Waals surface area contributed by atoms with Gasteiger partial charge in [0.1, 0.15) is 0 Å². The third-order valence-corrected chi connectivity index (χ3v) is 3.09. The van der Waals surface area contributed by atoms with Crippen LogP contribution in [0.15, 0.2) is 30.6 Å². The van der Waals surface area contributed by atoms with Crippen molar-refractivity contribution in [3.05, 3.63) is 47.5 Å². The van der Waals surface area contributed by atoms with E-state index < -0.39 is 0 Å². The van der Waals surface area contributed by atoms with E-state index in [1.807, 2.05) is 32.0 Å². The summed E-state index contributed by atoms with van der Waals surface area (Å²) in [5.74, 6) is 0.662. The molecule has 0 aliphatic rings. The minimum atomic E-state index is 0.0416. The van der Waals surface area contributed by atoms with Crippen LogP contribution in [0, 0.1) is 13.8 Å². The molecule has 22 heavy (non-hydrogen) atoms. The lowest BCUT2D eigenvalue weighted by Gasteiger charge is -2.07. The van der Waals surface area contributed by atoms with E-state index in [1.54, 1.807) is 12.4 Å². The average Bonchev–Trinajstić information content (AvgIpc) is 2.50. The largest absolute Gasteiger partial charge is 0.354 e. The molecule has 0 spiro atoms. The molecule has 1 amide bonds. The number of aromatic nitrogens is 3.